The fourth-order valence-electron chi connectivity index (χ4n) is 4.00. The molecule has 0 saturated carbocycles. The van der Waals surface area contributed by atoms with E-state index in [4.69, 9.17) is 4.74 Å². The molecular formula is C23H27N5O4S. The van der Waals surface area contributed by atoms with E-state index in [1.165, 1.54) is 0 Å². The van der Waals surface area contributed by atoms with Crippen LogP contribution in [0.4, 0.5) is 11.5 Å². The van der Waals surface area contributed by atoms with Crippen LogP contribution in [0.2, 0.25) is 0 Å². The van der Waals surface area contributed by atoms with Crippen molar-refractivity contribution in [3.05, 3.63) is 46.9 Å². The van der Waals surface area contributed by atoms with E-state index < -0.39 is 14.6 Å². The molecule has 1 aliphatic rings. The third-order valence-electron chi connectivity index (χ3n) is 5.94. The van der Waals surface area contributed by atoms with E-state index >= 15 is 0 Å². The third kappa shape index (κ3) is 4.26. The molecule has 4 rings (SSSR count). The first kappa shape index (κ1) is 23.0. The molecule has 1 aromatic carbocycles. The van der Waals surface area contributed by atoms with Crippen LogP contribution in [0, 0.1) is 17.2 Å². The number of rotatable bonds is 4. The summed E-state index contributed by atoms with van der Waals surface area (Å²) in [4.78, 5) is 15.6. The van der Waals surface area contributed by atoms with Crippen molar-refractivity contribution in [1.82, 2.24) is 14.8 Å². The van der Waals surface area contributed by atoms with Crippen LogP contribution in [0.1, 0.15) is 39.7 Å². The van der Waals surface area contributed by atoms with Gasteiger partial charge < -0.3 is 15.0 Å². The summed E-state index contributed by atoms with van der Waals surface area (Å²) in [5, 5.41) is 17.9. The molecule has 1 saturated heterocycles. The summed E-state index contributed by atoms with van der Waals surface area (Å²) in [6.45, 7) is 6.01. The van der Waals surface area contributed by atoms with Crippen molar-refractivity contribution in [3.8, 4) is 6.07 Å². The van der Waals surface area contributed by atoms with E-state index in [-0.39, 0.29) is 22.4 Å². The molecule has 2 unspecified atom stereocenters. The largest absolute Gasteiger partial charge is 0.381 e. The molecule has 1 aliphatic heterocycles. The minimum atomic E-state index is -3.48. The van der Waals surface area contributed by atoms with Crippen LogP contribution in [-0.2, 0) is 14.6 Å². The van der Waals surface area contributed by atoms with Crippen molar-refractivity contribution in [3.63, 3.8) is 0 Å². The van der Waals surface area contributed by atoms with Crippen molar-refractivity contribution < 1.29 is 13.2 Å². The number of H-pyrrole nitrogens is 1. The maximum atomic E-state index is 12.7. The summed E-state index contributed by atoms with van der Waals surface area (Å²) >= 11 is 0. The van der Waals surface area contributed by atoms with Gasteiger partial charge in [0.1, 0.15) is 5.39 Å². The number of sulfone groups is 1. The minimum Gasteiger partial charge on any atom is -0.381 e. The Kier molecular flexibility index (Phi) is 6.03. The molecule has 33 heavy (non-hydrogen) atoms. The van der Waals surface area contributed by atoms with Gasteiger partial charge in [-0.3, -0.25) is 9.48 Å². The second-order valence-corrected chi connectivity index (χ2v) is 11.8. The first-order chi connectivity index (χ1) is 15.6. The molecule has 9 nitrogen and oxygen atoms in total. The number of fused-ring (bicyclic) bond motifs is 1. The fraction of sp³-hybridized carbons (Fsp3) is 0.435. The molecule has 2 N–H and O–H groups in total. The molecule has 174 valence electrons. The number of ether oxygens (including phenoxy) is 1. The molecule has 3 heterocycles. The van der Waals surface area contributed by atoms with Gasteiger partial charge in [0.2, 0.25) is 0 Å². The average Bonchev–Trinajstić information content (AvgIpc) is 2.97. The summed E-state index contributed by atoms with van der Waals surface area (Å²) in [7, 11) is -3.48. The lowest BCUT2D eigenvalue weighted by molar-refractivity contribution is 0.141. The second-order valence-electron chi connectivity index (χ2n) is 9.12. The first-order valence-electron chi connectivity index (χ1n) is 10.8. The van der Waals surface area contributed by atoms with Gasteiger partial charge in [-0.15, -0.1) is 0 Å². The Labute approximate surface area is 192 Å². The predicted octanol–water partition coefficient (Wildman–Crippen LogP) is 3.53. The van der Waals surface area contributed by atoms with E-state index in [2.05, 4.69) is 21.5 Å². The van der Waals surface area contributed by atoms with Crippen LogP contribution in [0.25, 0.3) is 10.9 Å². The highest BCUT2D eigenvalue weighted by Crippen LogP contribution is 2.33. The summed E-state index contributed by atoms with van der Waals surface area (Å²) < 4.78 is 31.8. The molecule has 1 fully saturated rings. The molecule has 0 bridgehead atoms. The number of nitrogens with zero attached hydrogens (tertiary/aromatic N) is 3. The van der Waals surface area contributed by atoms with Crippen molar-refractivity contribution in [1.29, 1.82) is 5.26 Å². The fourth-order valence-corrected chi connectivity index (χ4v) is 5.20. The molecule has 0 aliphatic carbocycles. The van der Waals surface area contributed by atoms with Gasteiger partial charge in [-0.2, -0.15) is 10.4 Å². The SMILES string of the molecule is CC(C)(C)S(=O)(=O)c1ccc(Nc2nn(C3CCOCCC3C#N)c3cc[nH]c(=O)c23)cc1. The Morgan fingerprint density at radius 1 is 1.18 bits per heavy atom. The van der Waals surface area contributed by atoms with Crippen LogP contribution >= 0.6 is 0 Å². The van der Waals surface area contributed by atoms with Crippen LogP contribution in [0.3, 0.4) is 0 Å². The number of anilines is 2. The molecular weight excluding hydrogens is 442 g/mol. The topological polar surface area (TPSA) is 130 Å². The van der Waals surface area contributed by atoms with E-state index in [1.54, 1.807) is 62.0 Å². The third-order valence-corrected chi connectivity index (χ3v) is 8.44. The number of hydrogen-bond donors (Lipinski definition) is 2. The molecule has 2 aromatic heterocycles. The van der Waals surface area contributed by atoms with E-state index in [1.807, 2.05) is 0 Å². The van der Waals surface area contributed by atoms with Gasteiger partial charge in [-0.1, -0.05) is 0 Å². The molecule has 0 amide bonds. The second kappa shape index (κ2) is 8.65. The number of hydrogen-bond acceptors (Lipinski definition) is 7. The standard InChI is InChI=1S/C23H27N5O4S/c1-23(2,3)33(30,31)17-6-4-16(5-7-17)26-21-20-19(8-11-25-22(20)29)28(27-21)18-10-13-32-12-9-15(18)14-24/h4-8,11,15,18H,9-10,12-13H2,1-3H3,(H,25,29)(H,26,27). The molecule has 0 radical (unpaired) electrons. The molecule has 0 spiro atoms. The highest BCUT2D eigenvalue weighted by atomic mass is 32.2. The van der Waals surface area contributed by atoms with Crippen molar-refractivity contribution >= 4 is 32.2 Å². The lowest BCUT2D eigenvalue weighted by Crippen LogP contribution is -2.27. The number of nitriles is 1. The zero-order chi connectivity index (χ0) is 23.8. The predicted molar refractivity (Wildman–Crippen MR) is 125 cm³/mol. The van der Waals surface area contributed by atoms with E-state index in [9.17, 15) is 18.5 Å². The summed E-state index contributed by atoms with van der Waals surface area (Å²) in [5.74, 6) is 0.0600. The Bertz CT molecular complexity index is 1360. The maximum absolute atomic E-state index is 12.7. The number of benzene rings is 1. The van der Waals surface area contributed by atoms with Gasteiger partial charge in [0.15, 0.2) is 15.7 Å². The maximum Gasteiger partial charge on any atom is 0.261 e. The quantitative estimate of drug-likeness (QED) is 0.598. The monoisotopic (exact) mass is 469 g/mol. The number of pyridine rings is 1. The van der Waals surface area contributed by atoms with Crippen LogP contribution < -0.4 is 10.9 Å². The Morgan fingerprint density at radius 3 is 2.55 bits per heavy atom. The molecule has 10 heteroatoms. The highest BCUT2D eigenvalue weighted by Gasteiger charge is 2.31. The summed E-state index contributed by atoms with van der Waals surface area (Å²) in [6, 6.07) is 10.3. The smallest absolute Gasteiger partial charge is 0.261 e. The van der Waals surface area contributed by atoms with Gasteiger partial charge in [0.05, 0.1) is 33.2 Å². The average molecular weight is 470 g/mol. The van der Waals surface area contributed by atoms with Gasteiger partial charge in [-0.05, 0) is 63.9 Å². The van der Waals surface area contributed by atoms with Crippen LogP contribution in [0.15, 0.2) is 46.2 Å². The van der Waals surface area contributed by atoms with Gasteiger partial charge in [0, 0.05) is 25.1 Å². The molecule has 3 aromatic rings. The zero-order valence-electron chi connectivity index (χ0n) is 18.8. The van der Waals surface area contributed by atoms with E-state index in [0.717, 1.165) is 0 Å². The van der Waals surface area contributed by atoms with Gasteiger partial charge in [-0.25, -0.2) is 8.42 Å². The molecule has 2 atom stereocenters. The number of aromatic amines is 1. The van der Waals surface area contributed by atoms with Crippen molar-refractivity contribution in [2.24, 2.45) is 5.92 Å². The normalized spacial score (nSPS) is 19.7. The van der Waals surface area contributed by atoms with Crippen molar-refractivity contribution in [2.45, 2.75) is 49.3 Å². The van der Waals surface area contributed by atoms with Gasteiger partial charge >= 0.3 is 0 Å². The van der Waals surface area contributed by atoms with Gasteiger partial charge in [0.25, 0.3) is 5.56 Å². The summed E-state index contributed by atoms with van der Waals surface area (Å²) in [6.07, 6.45) is 2.77. The Balaban J connectivity index is 1.74. The Morgan fingerprint density at radius 2 is 1.88 bits per heavy atom. The lowest BCUT2D eigenvalue weighted by atomic mass is 9.96. The van der Waals surface area contributed by atoms with Crippen LogP contribution in [-0.4, -0.2) is 41.1 Å². The van der Waals surface area contributed by atoms with Crippen LogP contribution in [0.5, 0.6) is 0 Å². The number of aromatic nitrogens is 3. The minimum absolute atomic E-state index is 0.225. The lowest BCUT2D eigenvalue weighted by Gasteiger charge is -2.20. The van der Waals surface area contributed by atoms with E-state index in [0.29, 0.717) is 48.5 Å². The first-order valence-corrected chi connectivity index (χ1v) is 12.3. The number of nitrogens with one attached hydrogen (secondary N) is 2. The summed E-state index contributed by atoms with van der Waals surface area (Å²) in [5.41, 5.74) is 0.922. The zero-order valence-corrected chi connectivity index (χ0v) is 19.6. The Hall–Kier alpha value is -3.16. The van der Waals surface area contributed by atoms with Crippen molar-refractivity contribution in [2.75, 3.05) is 18.5 Å². The highest BCUT2D eigenvalue weighted by molar-refractivity contribution is 7.92.